The zero-order valence-corrected chi connectivity index (χ0v) is 27.5. The number of fused-ring (bicyclic) bond motifs is 1. The van der Waals surface area contributed by atoms with Gasteiger partial charge in [-0.25, -0.2) is 13.4 Å². The van der Waals surface area contributed by atoms with E-state index in [0.717, 1.165) is 38.4 Å². The molecule has 2 atom stereocenters. The third-order valence-electron chi connectivity index (χ3n) is 7.78. The highest BCUT2D eigenvalue weighted by Crippen LogP contribution is 2.37. The fraction of sp³-hybridized carbons (Fsp3) is 0.533. The van der Waals surface area contributed by atoms with E-state index in [1.807, 2.05) is 20.8 Å². The van der Waals surface area contributed by atoms with Gasteiger partial charge in [0, 0.05) is 45.3 Å². The minimum atomic E-state index is -3.45. The van der Waals surface area contributed by atoms with Crippen molar-refractivity contribution in [3.8, 4) is 5.75 Å². The van der Waals surface area contributed by atoms with Crippen molar-refractivity contribution in [2.75, 3.05) is 75.4 Å². The number of halogens is 1. The van der Waals surface area contributed by atoms with Gasteiger partial charge in [0.2, 0.25) is 0 Å². The van der Waals surface area contributed by atoms with Crippen LogP contribution >= 0.6 is 22.9 Å². The Kier molecular flexibility index (Phi) is 10.1. The lowest BCUT2D eigenvalue weighted by molar-refractivity contribution is -0.00534. The molecule has 1 aromatic heterocycles. The molecule has 2 fully saturated rings. The number of piperazine rings is 1. The maximum atomic E-state index is 13.4. The lowest BCUT2D eigenvalue weighted by Crippen LogP contribution is -2.45. The first kappa shape index (κ1) is 31.9. The zero-order valence-electron chi connectivity index (χ0n) is 25.1. The summed E-state index contributed by atoms with van der Waals surface area (Å²) in [5, 5.41) is 3.50. The molecule has 0 saturated carbocycles. The number of amides is 1. The van der Waals surface area contributed by atoms with Gasteiger partial charge in [-0.1, -0.05) is 22.9 Å². The van der Waals surface area contributed by atoms with Crippen LogP contribution in [0.4, 0.5) is 10.8 Å². The summed E-state index contributed by atoms with van der Waals surface area (Å²) in [5.41, 5.74) is 1.70. The summed E-state index contributed by atoms with van der Waals surface area (Å²) in [7, 11) is -1.34. The van der Waals surface area contributed by atoms with E-state index in [-0.39, 0.29) is 27.9 Å². The standard InChI is InChI=1S/C30H40ClN5O5S2/c1-5-40-27-17-24(31)23(16-26(27)36-18-20(2)41-21(3)19-36)29(37)33-30-32-25-8-7-22(15-28(25)42-30)43(38,39)14-6-9-35-12-10-34(4)11-13-35/h7-8,15-17,20-21H,5-6,9-14,18-19H2,1-4H3,(H,32,33,37)/t20-,21+. The molecule has 3 heterocycles. The number of thiazole rings is 1. The molecule has 10 nitrogen and oxygen atoms in total. The van der Waals surface area contributed by atoms with E-state index in [1.54, 1.807) is 30.3 Å². The summed E-state index contributed by atoms with van der Waals surface area (Å²) in [6.45, 7) is 12.4. The number of hydrogen-bond acceptors (Lipinski definition) is 10. The van der Waals surface area contributed by atoms with Crippen molar-refractivity contribution < 1.29 is 22.7 Å². The molecule has 0 spiro atoms. The highest BCUT2D eigenvalue weighted by molar-refractivity contribution is 7.91. The number of hydrogen-bond donors (Lipinski definition) is 1. The van der Waals surface area contributed by atoms with E-state index in [0.29, 0.717) is 52.8 Å². The van der Waals surface area contributed by atoms with Crippen molar-refractivity contribution >= 4 is 59.7 Å². The summed E-state index contributed by atoms with van der Waals surface area (Å²) in [6.07, 6.45) is 0.639. The highest BCUT2D eigenvalue weighted by atomic mass is 35.5. The molecule has 0 bridgehead atoms. The van der Waals surface area contributed by atoms with Gasteiger partial charge in [-0.05, 0) is 65.0 Å². The second-order valence-corrected chi connectivity index (χ2v) is 14.9. The molecule has 2 aliphatic heterocycles. The summed E-state index contributed by atoms with van der Waals surface area (Å²) < 4.78 is 38.7. The van der Waals surface area contributed by atoms with Crippen LogP contribution in [0.15, 0.2) is 35.2 Å². The smallest absolute Gasteiger partial charge is 0.259 e. The molecule has 1 amide bonds. The number of nitrogens with one attached hydrogen (secondary N) is 1. The predicted octanol–water partition coefficient (Wildman–Crippen LogP) is 4.63. The summed E-state index contributed by atoms with van der Waals surface area (Å²) in [5.74, 6) is 0.300. The zero-order chi connectivity index (χ0) is 30.7. The van der Waals surface area contributed by atoms with Crippen LogP contribution < -0.4 is 15.0 Å². The van der Waals surface area contributed by atoms with Crippen LogP contribution in [0.2, 0.25) is 5.02 Å². The van der Waals surface area contributed by atoms with Gasteiger partial charge < -0.3 is 24.2 Å². The molecule has 0 radical (unpaired) electrons. The average Bonchev–Trinajstić information content (AvgIpc) is 3.35. The van der Waals surface area contributed by atoms with Crippen LogP contribution in [-0.2, 0) is 14.6 Å². The number of morpholine rings is 1. The van der Waals surface area contributed by atoms with Crippen molar-refractivity contribution in [3.05, 3.63) is 40.9 Å². The average molecular weight is 650 g/mol. The molecule has 1 N–H and O–H groups in total. The molecule has 2 aromatic carbocycles. The molecular weight excluding hydrogens is 610 g/mol. The van der Waals surface area contributed by atoms with Crippen molar-refractivity contribution in [1.82, 2.24) is 14.8 Å². The van der Waals surface area contributed by atoms with E-state index in [1.165, 1.54) is 11.3 Å². The number of carbonyl (C=O) groups is 1. The SMILES string of the molecule is CCOc1cc(Cl)c(C(=O)Nc2nc3ccc(S(=O)(=O)CCCN4CCN(C)CC4)cc3s2)cc1N1C[C@@H](C)O[C@@H](C)C1. The predicted molar refractivity (Wildman–Crippen MR) is 173 cm³/mol. The quantitative estimate of drug-likeness (QED) is 0.337. The maximum Gasteiger partial charge on any atom is 0.259 e. The summed E-state index contributed by atoms with van der Waals surface area (Å²) in [6, 6.07) is 8.37. The van der Waals surface area contributed by atoms with E-state index in [4.69, 9.17) is 21.1 Å². The largest absolute Gasteiger partial charge is 0.492 e. The highest BCUT2D eigenvalue weighted by Gasteiger charge is 2.27. The number of rotatable bonds is 10. The number of carbonyl (C=O) groups excluding carboxylic acids is 1. The molecule has 5 rings (SSSR count). The number of ether oxygens (including phenoxy) is 2. The van der Waals surface area contributed by atoms with Gasteiger partial charge in [0.1, 0.15) is 5.75 Å². The number of likely N-dealkylation sites (N-methyl/N-ethyl adjacent to an activating group) is 1. The lowest BCUT2D eigenvalue weighted by atomic mass is 10.1. The van der Waals surface area contributed by atoms with Gasteiger partial charge in [-0.15, -0.1) is 0 Å². The van der Waals surface area contributed by atoms with Crippen molar-refractivity contribution in [3.63, 3.8) is 0 Å². The third kappa shape index (κ3) is 7.79. The molecule has 43 heavy (non-hydrogen) atoms. The van der Waals surface area contributed by atoms with E-state index in [2.05, 4.69) is 32.0 Å². The minimum absolute atomic E-state index is 0.0274. The van der Waals surface area contributed by atoms with Crippen molar-refractivity contribution in [2.24, 2.45) is 0 Å². The Balaban J connectivity index is 1.29. The van der Waals surface area contributed by atoms with E-state index >= 15 is 0 Å². The van der Waals surface area contributed by atoms with Gasteiger partial charge >= 0.3 is 0 Å². The molecular formula is C30H40ClN5O5S2. The third-order valence-corrected chi connectivity index (χ3v) is 10.8. The Hall–Kier alpha value is -2.48. The fourth-order valence-electron chi connectivity index (χ4n) is 5.59. The van der Waals surface area contributed by atoms with Gasteiger partial charge in [0.25, 0.3) is 5.91 Å². The Morgan fingerprint density at radius 2 is 1.86 bits per heavy atom. The number of benzene rings is 2. The first-order chi connectivity index (χ1) is 20.5. The van der Waals surface area contributed by atoms with Gasteiger partial charge in [0.05, 0.1) is 56.0 Å². The van der Waals surface area contributed by atoms with E-state index < -0.39 is 15.7 Å². The van der Waals surface area contributed by atoms with Gasteiger partial charge in [-0.2, -0.15) is 0 Å². The Morgan fingerprint density at radius 1 is 1.14 bits per heavy atom. The molecule has 2 saturated heterocycles. The van der Waals surface area contributed by atoms with Crippen LogP contribution in [0.25, 0.3) is 10.2 Å². The first-order valence-electron chi connectivity index (χ1n) is 14.7. The van der Waals surface area contributed by atoms with Crippen molar-refractivity contribution in [1.29, 1.82) is 0 Å². The van der Waals surface area contributed by atoms with Crippen LogP contribution in [0.3, 0.4) is 0 Å². The van der Waals surface area contributed by atoms with Crippen LogP contribution in [0, 0.1) is 0 Å². The summed E-state index contributed by atoms with van der Waals surface area (Å²) in [4.78, 5) is 25.0. The second kappa shape index (κ2) is 13.7. The Morgan fingerprint density at radius 3 is 2.56 bits per heavy atom. The topological polar surface area (TPSA) is 104 Å². The molecule has 3 aromatic rings. The van der Waals surface area contributed by atoms with Crippen LogP contribution in [-0.4, -0.2) is 107 Å². The van der Waals surface area contributed by atoms with Gasteiger partial charge in [-0.3, -0.25) is 10.1 Å². The molecule has 0 aliphatic carbocycles. The van der Waals surface area contributed by atoms with Crippen LogP contribution in [0.5, 0.6) is 5.75 Å². The Bertz CT molecular complexity index is 1550. The molecule has 0 unspecified atom stereocenters. The molecule has 234 valence electrons. The number of aromatic nitrogens is 1. The number of sulfone groups is 1. The lowest BCUT2D eigenvalue weighted by Gasteiger charge is -2.37. The normalized spacial score (nSPS) is 20.4. The molecule has 13 heteroatoms. The van der Waals surface area contributed by atoms with Crippen LogP contribution in [0.1, 0.15) is 37.6 Å². The van der Waals surface area contributed by atoms with Gasteiger partial charge in [0.15, 0.2) is 15.0 Å². The first-order valence-corrected chi connectivity index (χ1v) is 17.6. The minimum Gasteiger partial charge on any atom is -0.492 e. The number of anilines is 2. The molecule has 2 aliphatic rings. The Labute approximate surface area is 262 Å². The fourth-order valence-corrected chi connectivity index (χ4v) is 8.13. The van der Waals surface area contributed by atoms with Crippen molar-refractivity contribution in [2.45, 2.75) is 44.3 Å². The number of nitrogens with zero attached hydrogens (tertiary/aromatic N) is 4. The van der Waals surface area contributed by atoms with E-state index in [9.17, 15) is 13.2 Å². The second-order valence-electron chi connectivity index (χ2n) is 11.3. The summed E-state index contributed by atoms with van der Waals surface area (Å²) >= 11 is 7.80. The monoisotopic (exact) mass is 649 g/mol. The maximum absolute atomic E-state index is 13.4.